The zero-order chi connectivity index (χ0) is 29.4. The number of aliphatic hydroxyl groups is 1. The van der Waals surface area contributed by atoms with Crippen LogP contribution in [0.4, 0.5) is 4.79 Å². The summed E-state index contributed by atoms with van der Waals surface area (Å²) in [5.74, 6) is -3.88. The molecule has 3 atom stereocenters. The molecule has 3 rings (SSSR count). The van der Waals surface area contributed by atoms with Crippen LogP contribution in [0.5, 0.6) is 0 Å². The smallest absolute Gasteiger partial charge is 0.407 e. The predicted molar refractivity (Wildman–Crippen MR) is 144 cm³/mol. The van der Waals surface area contributed by atoms with Gasteiger partial charge in [-0.25, -0.2) is 9.59 Å². The van der Waals surface area contributed by atoms with E-state index >= 15 is 0 Å². The Morgan fingerprint density at radius 1 is 0.875 bits per heavy atom. The third-order valence-electron chi connectivity index (χ3n) is 6.49. The van der Waals surface area contributed by atoms with Crippen LogP contribution in [0.15, 0.2) is 48.5 Å². The molecule has 0 saturated heterocycles. The van der Waals surface area contributed by atoms with Gasteiger partial charge in [0.15, 0.2) is 6.61 Å². The number of carbonyl (C=O) groups excluding carboxylic acids is 5. The Morgan fingerprint density at radius 3 is 1.98 bits per heavy atom. The number of nitrogens with two attached hydrogens (primary N) is 1. The highest BCUT2D eigenvalue weighted by Crippen LogP contribution is 2.44. The zero-order valence-electron chi connectivity index (χ0n) is 22.5. The lowest BCUT2D eigenvalue weighted by molar-refractivity contribution is -0.151. The molecular weight excluding hydrogens is 520 g/mol. The Morgan fingerprint density at radius 2 is 1.45 bits per heavy atom. The van der Waals surface area contributed by atoms with Gasteiger partial charge in [0.1, 0.15) is 24.7 Å². The van der Waals surface area contributed by atoms with E-state index in [-0.39, 0.29) is 18.4 Å². The molecule has 12 nitrogen and oxygen atoms in total. The minimum Gasteiger partial charge on any atom is -0.454 e. The number of rotatable bonds is 12. The number of primary amides is 1. The first kappa shape index (κ1) is 30.1. The van der Waals surface area contributed by atoms with Crippen LogP contribution in [0.2, 0.25) is 0 Å². The molecule has 0 spiro atoms. The Bertz CT molecular complexity index is 1220. The molecule has 1 aliphatic rings. The molecule has 12 heteroatoms. The molecule has 0 radical (unpaired) electrons. The van der Waals surface area contributed by atoms with Crippen molar-refractivity contribution < 1.29 is 38.6 Å². The number of hydrogen-bond donors (Lipinski definition) is 5. The van der Waals surface area contributed by atoms with Gasteiger partial charge in [-0.1, -0.05) is 62.4 Å². The Kier molecular flexibility index (Phi) is 10.2. The fourth-order valence-corrected chi connectivity index (χ4v) is 4.37. The van der Waals surface area contributed by atoms with Gasteiger partial charge in [0.05, 0.1) is 6.61 Å². The Hall–Kier alpha value is -4.45. The van der Waals surface area contributed by atoms with E-state index in [0.29, 0.717) is 0 Å². The highest BCUT2D eigenvalue weighted by Gasteiger charge is 2.31. The van der Waals surface area contributed by atoms with Gasteiger partial charge < -0.3 is 36.3 Å². The second-order valence-corrected chi connectivity index (χ2v) is 9.73. The van der Waals surface area contributed by atoms with Crippen molar-refractivity contribution in [3.8, 4) is 11.1 Å². The fourth-order valence-electron chi connectivity index (χ4n) is 4.37. The fraction of sp³-hybridized carbons (Fsp3) is 0.393. The second kappa shape index (κ2) is 13.6. The summed E-state index contributed by atoms with van der Waals surface area (Å²) in [6, 6.07) is 12.3. The summed E-state index contributed by atoms with van der Waals surface area (Å²) in [7, 11) is 0. The number of fused-ring (bicyclic) bond motifs is 3. The minimum atomic E-state index is -1.32. The summed E-state index contributed by atoms with van der Waals surface area (Å²) in [5, 5.41) is 16.2. The van der Waals surface area contributed by atoms with Crippen LogP contribution in [-0.4, -0.2) is 72.8 Å². The SMILES string of the molecule is CC(C)[C@H](NC(=O)OCC1c2ccccc2-c2ccccc21)C(=O)N[C@@H](C)C(=O)OCC(=O)N[C@@H](CO)C(N)=O. The summed E-state index contributed by atoms with van der Waals surface area (Å²) < 4.78 is 10.4. The maximum absolute atomic E-state index is 12.9. The molecule has 0 fully saturated rings. The molecule has 0 heterocycles. The zero-order valence-corrected chi connectivity index (χ0v) is 22.5. The van der Waals surface area contributed by atoms with E-state index in [1.165, 1.54) is 6.92 Å². The molecule has 2 aromatic rings. The summed E-state index contributed by atoms with van der Waals surface area (Å²) in [4.78, 5) is 60.8. The van der Waals surface area contributed by atoms with E-state index in [1.807, 2.05) is 48.5 Å². The van der Waals surface area contributed by atoms with Crippen LogP contribution >= 0.6 is 0 Å². The van der Waals surface area contributed by atoms with E-state index < -0.39 is 61.1 Å². The minimum absolute atomic E-state index is 0.0734. The van der Waals surface area contributed by atoms with Crippen molar-refractivity contribution in [1.82, 2.24) is 16.0 Å². The number of hydrogen-bond acceptors (Lipinski definition) is 8. The lowest BCUT2D eigenvalue weighted by atomic mass is 9.98. The van der Waals surface area contributed by atoms with Gasteiger partial charge in [0.2, 0.25) is 11.8 Å². The van der Waals surface area contributed by atoms with E-state index in [9.17, 15) is 24.0 Å². The molecule has 2 aromatic carbocycles. The van der Waals surface area contributed by atoms with Crippen LogP contribution < -0.4 is 21.7 Å². The average Bonchev–Trinajstić information content (AvgIpc) is 3.25. The van der Waals surface area contributed by atoms with Gasteiger partial charge in [-0.05, 0) is 35.1 Å². The average molecular weight is 555 g/mol. The predicted octanol–water partition coefficient (Wildman–Crippen LogP) is 0.560. The van der Waals surface area contributed by atoms with Crippen molar-refractivity contribution in [3.05, 3.63) is 59.7 Å². The van der Waals surface area contributed by atoms with Crippen LogP contribution in [-0.2, 0) is 28.7 Å². The molecule has 40 heavy (non-hydrogen) atoms. The molecule has 6 N–H and O–H groups in total. The lowest BCUT2D eigenvalue weighted by Crippen LogP contribution is -2.53. The number of esters is 1. The number of benzene rings is 2. The highest BCUT2D eigenvalue weighted by molar-refractivity contribution is 5.91. The van der Waals surface area contributed by atoms with E-state index in [4.69, 9.17) is 20.3 Å². The maximum atomic E-state index is 12.9. The topological polar surface area (TPSA) is 186 Å². The van der Waals surface area contributed by atoms with Gasteiger partial charge in [0.25, 0.3) is 5.91 Å². The molecule has 0 aromatic heterocycles. The van der Waals surface area contributed by atoms with E-state index in [1.54, 1.807) is 13.8 Å². The van der Waals surface area contributed by atoms with Crippen LogP contribution in [0, 0.1) is 5.92 Å². The number of nitrogens with one attached hydrogen (secondary N) is 3. The number of amides is 4. The van der Waals surface area contributed by atoms with Crippen molar-refractivity contribution in [2.75, 3.05) is 19.8 Å². The van der Waals surface area contributed by atoms with Gasteiger partial charge >= 0.3 is 12.1 Å². The van der Waals surface area contributed by atoms with Crippen LogP contribution in [0.3, 0.4) is 0 Å². The second-order valence-electron chi connectivity index (χ2n) is 9.73. The third-order valence-corrected chi connectivity index (χ3v) is 6.49. The van der Waals surface area contributed by atoms with Gasteiger partial charge in [-0.2, -0.15) is 0 Å². The monoisotopic (exact) mass is 554 g/mol. The first-order valence-electron chi connectivity index (χ1n) is 12.8. The Labute approximate surface area is 231 Å². The van der Waals surface area contributed by atoms with Gasteiger partial charge in [-0.3, -0.25) is 14.4 Å². The third kappa shape index (κ3) is 7.35. The molecule has 1 aliphatic carbocycles. The molecule has 0 saturated carbocycles. The number of carbonyl (C=O) groups is 5. The van der Waals surface area contributed by atoms with Crippen LogP contribution in [0.1, 0.15) is 37.8 Å². The van der Waals surface area contributed by atoms with Crippen molar-refractivity contribution in [3.63, 3.8) is 0 Å². The summed E-state index contributed by atoms with van der Waals surface area (Å²) >= 11 is 0. The largest absolute Gasteiger partial charge is 0.454 e. The first-order valence-corrected chi connectivity index (χ1v) is 12.8. The molecule has 214 valence electrons. The number of aliphatic hydroxyl groups excluding tert-OH is 1. The van der Waals surface area contributed by atoms with Crippen molar-refractivity contribution in [2.45, 2.75) is 44.8 Å². The van der Waals surface area contributed by atoms with E-state index in [2.05, 4.69) is 16.0 Å². The first-order chi connectivity index (χ1) is 19.0. The number of alkyl carbamates (subject to hydrolysis) is 1. The normalized spacial score (nSPS) is 14.2. The van der Waals surface area contributed by atoms with Crippen molar-refractivity contribution in [1.29, 1.82) is 0 Å². The lowest BCUT2D eigenvalue weighted by Gasteiger charge is -2.24. The van der Waals surface area contributed by atoms with Crippen molar-refractivity contribution in [2.24, 2.45) is 11.7 Å². The quantitative estimate of drug-likeness (QED) is 0.235. The highest BCUT2D eigenvalue weighted by atomic mass is 16.5. The van der Waals surface area contributed by atoms with Gasteiger partial charge in [-0.15, -0.1) is 0 Å². The maximum Gasteiger partial charge on any atom is 0.407 e. The number of ether oxygens (including phenoxy) is 2. The van der Waals surface area contributed by atoms with Crippen LogP contribution in [0.25, 0.3) is 11.1 Å². The molecule has 0 bridgehead atoms. The van der Waals surface area contributed by atoms with Gasteiger partial charge in [0, 0.05) is 5.92 Å². The molecule has 0 unspecified atom stereocenters. The summed E-state index contributed by atoms with van der Waals surface area (Å²) in [6.45, 7) is 3.39. The molecule has 4 amide bonds. The standard InChI is InChI=1S/C28H34N4O8/c1-15(2)24(26(36)30-16(3)27(37)39-14-23(34)31-22(12-33)25(29)35)32-28(38)40-13-21-19-10-6-4-8-17(19)18-9-5-7-11-20(18)21/h4-11,15-16,21-22,24,33H,12-14H2,1-3H3,(H2,29,35)(H,30,36)(H,31,34)(H,32,38)/t16-,22-,24-/m0/s1. The van der Waals surface area contributed by atoms with Crippen molar-refractivity contribution >= 4 is 29.8 Å². The van der Waals surface area contributed by atoms with E-state index in [0.717, 1.165) is 22.3 Å². The molecular formula is C28H34N4O8. The summed E-state index contributed by atoms with van der Waals surface area (Å²) in [6.07, 6.45) is -0.782. The Balaban J connectivity index is 1.52. The molecule has 0 aliphatic heterocycles. The summed E-state index contributed by atoms with van der Waals surface area (Å²) in [5.41, 5.74) is 9.31.